The Balaban J connectivity index is 2.84. The van der Waals surface area contributed by atoms with Crippen molar-refractivity contribution >= 4 is 0 Å². The van der Waals surface area contributed by atoms with Crippen LogP contribution in [-0.2, 0) is 0 Å². The van der Waals surface area contributed by atoms with Crippen molar-refractivity contribution < 1.29 is 15.4 Å². The standard InChI is InChI=1S/C9H21NO3/c11-9(12)7-5-3-1-2-4-6-8-10-13/h9-13H,1-8H2. The van der Waals surface area contributed by atoms with Gasteiger partial charge in [0.05, 0.1) is 0 Å². The Kier molecular flexibility index (Phi) is 9.80. The molecule has 0 saturated heterocycles. The SMILES string of the molecule is ONCCCCCCCCC(O)O. The largest absolute Gasteiger partial charge is 0.368 e. The van der Waals surface area contributed by atoms with Crippen molar-refractivity contribution in [2.75, 3.05) is 6.54 Å². The highest BCUT2D eigenvalue weighted by atomic mass is 16.5. The zero-order valence-electron chi connectivity index (χ0n) is 8.08. The van der Waals surface area contributed by atoms with Crippen molar-refractivity contribution in [2.24, 2.45) is 0 Å². The minimum Gasteiger partial charge on any atom is -0.368 e. The second-order valence-electron chi connectivity index (χ2n) is 3.30. The number of rotatable bonds is 9. The molecule has 4 N–H and O–H groups in total. The highest BCUT2D eigenvalue weighted by Gasteiger charge is 1.96. The van der Waals surface area contributed by atoms with E-state index in [1.165, 1.54) is 0 Å². The summed E-state index contributed by atoms with van der Waals surface area (Å²) in [4.78, 5) is 0. The van der Waals surface area contributed by atoms with Gasteiger partial charge >= 0.3 is 0 Å². The van der Waals surface area contributed by atoms with Gasteiger partial charge in [-0.15, -0.1) is 0 Å². The molecule has 0 aromatic carbocycles. The summed E-state index contributed by atoms with van der Waals surface area (Å²) in [6, 6.07) is 0. The van der Waals surface area contributed by atoms with Crippen molar-refractivity contribution in [1.82, 2.24) is 5.48 Å². The van der Waals surface area contributed by atoms with Crippen LogP contribution in [0.4, 0.5) is 0 Å². The third-order valence-electron chi connectivity index (χ3n) is 2.00. The van der Waals surface area contributed by atoms with Crippen LogP contribution < -0.4 is 5.48 Å². The lowest BCUT2D eigenvalue weighted by Crippen LogP contribution is -2.08. The normalized spacial score (nSPS) is 11.1. The lowest BCUT2D eigenvalue weighted by Gasteiger charge is -2.03. The molecule has 0 aromatic heterocycles. The molecule has 0 radical (unpaired) electrons. The van der Waals surface area contributed by atoms with Crippen LogP contribution in [-0.4, -0.2) is 28.3 Å². The summed E-state index contributed by atoms with van der Waals surface area (Å²) < 4.78 is 0. The maximum Gasteiger partial charge on any atom is 0.151 e. The van der Waals surface area contributed by atoms with Gasteiger partial charge in [0, 0.05) is 6.54 Å². The van der Waals surface area contributed by atoms with E-state index in [1.54, 1.807) is 0 Å². The number of unbranched alkanes of at least 4 members (excludes halogenated alkanes) is 5. The summed E-state index contributed by atoms with van der Waals surface area (Å²) >= 11 is 0. The number of hydrogen-bond donors (Lipinski definition) is 4. The Morgan fingerprint density at radius 3 is 1.92 bits per heavy atom. The smallest absolute Gasteiger partial charge is 0.151 e. The third kappa shape index (κ3) is 11.8. The Labute approximate surface area is 79.5 Å². The van der Waals surface area contributed by atoms with E-state index in [9.17, 15) is 0 Å². The number of nitrogens with one attached hydrogen (secondary N) is 1. The monoisotopic (exact) mass is 191 g/mol. The molecule has 80 valence electrons. The van der Waals surface area contributed by atoms with Gasteiger partial charge in [0.2, 0.25) is 0 Å². The van der Waals surface area contributed by atoms with Gasteiger partial charge in [-0.3, -0.25) is 0 Å². The van der Waals surface area contributed by atoms with Crippen LogP contribution in [0.25, 0.3) is 0 Å². The van der Waals surface area contributed by atoms with Gasteiger partial charge in [-0.05, 0) is 19.3 Å². The molecule has 0 spiro atoms. The van der Waals surface area contributed by atoms with Gasteiger partial charge < -0.3 is 15.4 Å². The Bertz CT molecular complexity index is 98.9. The van der Waals surface area contributed by atoms with Crippen LogP contribution >= 0.6 is 0 Å². The van der Waals surface area contributed by atoms with E-state index >= 15 is 0 Å². The number of hydroxylamine groups is 1. The summed E-state index contributed by atoms with van der Waals surface area (Å²) in [5.74, 6) is 0. The summed E-state index contributed by atoms with van der Waals surface area (Å²) in [5.41, 5.74) is 2.12. The minimum atomic E-state index is -1.14. The Morgan fingerprint density at radius 1 is 0.846 bits per heavy atom. The first-order valence-corrected chi connectivity index (χ1v) is 5.00. The van der Waals surface area contributed by atoms with Crippen molar-refractivity contribution in [3.8, 4) is 0 Å². The van der Waals surface area contributed by atoms with E-state index in [4.69, 9.17) is 15.4 Å². The molecule has 0 rings (SSSR count). The fourth-order valence-electron chi connectivity index (χ4n) is 1.24. The summed E-state index contributed by atoms with van der Waals surface area (Å²) in [6.07, 6.45) is 5.70. The molecule has 0 amide bonds. The topological polar surface area (TPSA) is 72.7 Å². The molecule has 0 aliphatic carbocycles. The molecule has 0 aliphatic heterocycles. The van der Waals surface area contributed by atoms with Crippen molar-refractivity contribution in [2.45, 2.75) is 51.2 Å². The predicted octanol–water partition coefficient (Wildman–Crippen LogP) is 1.01. The quantitative estimate of drug-likeness (QED) is 0.249. The van der Waals surface area contributed by atoms with Gasteiger partial charge in [-0.1, -0.05) is 25.7 Å². The number of aliphatic hydroxyl groups is 2. The van der Waals surface area contributed by atoms with Gasteiger partial charge in [0.15, 0.2) is 6.29 Å². The molecule has 13 heavy (non-hydrogen) atoms. The van der Waals surface area contributed by atoms with Crippen LogP contribution in [0.1, 0.15) is 44.9 Å². The van der Waals surface area contributed by atoms with E-state index < -0.39 is 6.29 Å². The molecule has 0 atom stereocenters. The molecule has 4 nitrogen and oxygen atoms in total. The average molecular weight is 191 g/mol. The van der Waals surface area contributed by atoms with Crippen molar-refractivity contribution in [3.05, 3.63) is 0 Å². The second kappa shape index (κ2) is 9.92. The Hall–Kier alpha value is -0.160. The van der Waals surface area contributed by atoms with Crippen LogP contribution in [0.5, 0.6) is 0 Å². The summed E-state index contributed by atoms with van der Waals surface area (Å²) in [7, 11) is 0. The highest BCUT2D eigenvalue weighted by molar-refractivity contribution is 4.47. The molecule has 0 bridgehead atoms. The highest BCUT2D eigenvalue weighted by Crippen LogP contribution is 2.07. The number of hydrogen-bond acceptors (Lipinski definition) is 4. The zero-order valence-corrected chi connectivity index (χ0v) is 8.08. The van der Waals surface area contributed by atoms with Crippen LogP contribution in [0, 0.1) is 0 Å². The molecule has 0 unspecified atom stereocenters. The lowest BCUT2D eigenvalue weighted by molar-refractivity contribution is -0.0466. The van der Waals surface area contributed by atoms with E-state index in [0.717, 1.165) is 38.5 Å². The fraction of sp³-hybridized carbons (Fsp3) is 1.00. The minimum absolute atomic E-state index is 0.484. The first kappa shape index (κ1) is 12.8. The molecule has 0 aliphatic rings. The Morgan fingerprint density at radius 2 is 1.38 bits per heavy atom. The lowest BCUT2D eigenvalue weighted by atomic mass is 10.1. The van der Waals surface area contributed by atoms with Crippen LogP contribution in [0.2, 0.25) is 0 Å². The van der Waals surface area contributed by atoms with Crippen molar-refractivity contribution in [1.29, 1.82) is 0 Å². The van der Waals surface area contributed by atoms with Gasteiger partial charge in [-0.2, -0.15) is 0 Å². The predicted molar refractivity (Wildman–Crippen MR) is 50.3 cm³/mol. The van der Waals surface area contributed by atoms with E-state index in [2.05, 4.69) is 5.48 Å². The molecule has 4 heteroatoms. The van der Waals surface area contributed by atoms with Crippen LogP contribution in [0.15, 0.2) is 0 Å². The first-order valence-electron chi connectivity index (χ1n) is 5.00. The van der Waals surface area contributed by atoms with Crippen molar-refractivity contribution in [3.63, 3.8) is 0 Å². The maximum absolute atomic E-state index is 8.54. The molecular weight excluding hydrogens is 170 g/mol. The molecular formula is C9H21NO3. The van der Waals surface area contributed by atoms with E-state index in [1.807, 2.05) is 0 Å². The van der Waals surface area contributed by atoms with E-state index in [-0.39, 0.29) is 0 Å². The number of aliphatic hydroxyl groups excluding tert-OH is 1. The van der Waals surface area contributed by atoms with Gasteiger partial charge in [0.25, 0.3) is 0 Å². The molecule has 0 heterocycles. The average Bonchev–Trinajstić information content (AvgIpc) is 2.09. The molecule has 0 fully saturated rings. The maximum atomic E-state index is 8.54. The molecule has 0 saturated carbocycles. The zero-order chi connectivity index (χ0) is 9.94. The van der Waals surface area contributed by atoms with Gasteiger partial charge in [0.1, 0.15) is 0 Å². The first-order chi connectivity index (χ1) is 6.27. The second-order valence-corrected chi connectivity index (χ2v) is 3.30. The molecule has 0 aromatic rings. The summed E-state index contributed by atoms with van der Waals surface area (Å²) in [6.45, 7) is 0.662. The van der Waals surface area contributed by atoms with Gasteiger partial charge in [-0.25, -0.2) is 5.48 Å². The third-order valence-corrected chi connectivity index (χ3v) is 2.00. The van der Waals surface area contributed by atoms with E-state index in [0.29, 0.717) is 13.0 Å². The summed E-state index contributed by atoms with van der Waals surface area (Å²) in [5, 5.41) is 25.4. The fourth-order valence-corrected chi connectivity index (χ4v) is 1.24. The van der Waals surface area contributed by atoms with Crippen LogP contribution in [0.3, 0.4) is 0 Å².